The highest BCUT2D eigenvalue weighted by Crippen LogP contribution is 2.30. The number of anilines is 1. The van der Waals surface area contributed by atoms with Gasteiger partial charge in [0.05, 0.1) is 5.56 Å². The highest BCUT2D eigenvalue weighted by atomic mass is 19.4. The predicted octanol–water partition coefficient (Wildman–Crippen LogP) is 0.851. The van der Waals surface area contributed by atoms with Crippen LogP contribution in [0.4, 0.5) is 19.0 Å². The van der Waals surface area contributed by atoms with Crippen LogP contribution in [-0.4, -0.2) is 40.5 Å². The largest absolute Gasteiger partial charge is 0.491 e. The van der Waals surface area contributed by atoms with Crippen molar-refractivity contribution in [1.29, 1.82) is 5.26 Å². The lowest BCUT2D eigenvalue weighted by Crippen LogP contribution is -2.43. The molecule has 1 aromatic carbocycles. The van der Waals surface area contributed by atoms with Gasteiger partial charge in [-0.15, -0.1) is 0 Å². The second-order valence-electron chi connectivity index (χ2n) is 6.38. The Kier molecular flexibility index (Phi) is 6.38. The minimum absolute atomic E-state index is 0.0363. The van der Waals surface area contributed by atoms with Crippen LogP contribution in [0.3, 0.4) is 0 Å². The summed E-state index contributed by atoms with van der Waals surface area (Å²) in [4.78, 5) is 25.6. The highest BCUT2D eigenvalue weighted by molar-refractivity contribution is 5.53. The molecule has 0 spiro atoms. The van der Waals surface area contributed by atoms with E-state index in [0.29, 0.717) is 0 Å². The molecule has 29 heavy (non-hydrogen) atoms. The second kappa shape index (κ2) is 8.40. The number of aromatic nitrogens is 2. The Hall–Kier alpha value is -3.26. The summed E-state index contributed by atoms with van der Waals surface area (Å²) in [5, 5.41) is 19.5. The number of nitrogens with zero attached hydrogens (tertiary/aromatic N) is 4. The van der Waals surface area contributed by atoms with Crippen LogP contribution in [0.5, 0.6) is 5.75 Å². The molecule has 0 amide bonds. The number of hydrogen-bond donors (Lipinski definition) is 1. The molecule has 1 aromatic heterocycles. The van der Waals surface area contributed by atoms with E-state index in [9.17, 15) is 33.1 Å². The van der Waals surface area contributed by atoms with Crippen molar-refractivity contribution < 1.29 is 23.0 Å². The van der Waals surface area contributed by atoms with Gasteiger partial charge in [-0.2, -0.15) is 18.4 Å². The van der Waals surface area contributed by atoms with Gasteiger partial charge in [-0.05, 0) is 24.3 Å². The number of benzene rings is 1. The van der Waals surface area contributed by atoms with E-state index in [1.807, 2.05) is 0 Å². The van der Waals surface area contributed by atoms with Crippen LogP contribution in [-0.2, 0) is 20.3 Å². The molecule has 1 heterocycles. The first kappa shape index (κ1) is 22.0. The molecule has 2 aromatic rings. The number of likely N-dealkylation sites (N-methyl/N-ethyl adjacent to an activating group) is 1. The van der Waals surface area contributed by atoms with E-state index in [0.717, 1.165) is 33.4 Å². The number of alkyl halides is 3. The molecule has 0 aliphatic heterocycles. The standard InChI is InChI=1S/C18H19F3N4O4/c1-23(15-14(8-22)16(27)25(3)17(28)24(15)2)9-12(26)10-29-13-6-4-11(5-7-13)18(19,20)21/h4-7,12,26H,9-10H2,1-3H3. The summed E-state index contributed by atoms with van der Waals surface area (Å²) in [5.41, 5.74) is -2.46. The van der Waals surface area contributed by atoms with Crippen LogP contribution in [0, 0.1) is 11.3 Å². The topological polar surface area (TPSA) is 100 Å². The van der Waals surface area contributed by atoms with Crippen molar-refractivity contribution in [2.45, 2.75) is 12.3 Å². The average molecular weight is 412 g/mol. The quantitative estimate of drug-likeness (QED) is 0.755. The smallest absolute Gasteiger partial charge is 0.416 e. The van der Waals surface area contributed by atoms with Gasteiger partial charge in [-0.3, -0.25) is 13.9 Å². The number of nitriles is 1. The fraction of sp³-hybridized carbons (Fsp3) is 0.389. The third-order valence-corrected chi connectivity index (χ3v) is 4.22. The Morgan fingerprint density at radius 3 is 2.31 bits per heavy atom. The Morgan fingerprint density at radius 2 is 1.79 bits per heavy atom. The molecular weight excluding hydrogens is 393 g/mol. The maximum atomic E-state index is 12.6. The maximum Gasteiger partial charge on any atom is 0.416 e. The molecule has 0 aliphatic rings. The molecule has 0 saturated heterocycles. The minimum atomic E-state index is -4.46. The Balaban J connectivity index is 2.10. The van der Waals surface area contributed by atoms with E-state index in [4.69, 9.17) is 4.74 Å². The molecule has 0 radical (unpaired) electrons. The van der Waals surface area contributed by atoms with Gasteiger partial charge in [0.1, 0.15) is 30.3 Å². The van der Waals surface area contributed by atoms with Gasteiger partial charge < -0.3 is 14.7 Å². The monoisotopic (exact) mass is 412 g/mol. The molecule has 0 aliphatic carbocycles. The molecule has 1 unspecified atom stereocenters. The zero-order valence-electron chi connectivity index (χ0n) is 15.9. The molecule has 8 nitrogen and oxygen atoms in total. The average Bonchev–Trinajstić information content (AvgIpc) is 2.66. The van der Waals surface area contributed by atoms with Crippen molar-refractivity contribution in [3.05, 3.63) is 56.2 Å². The van der Waals surface area contributed by atoms with Crippen LogP contribution in [0.15, 0.2) is 33.9 Å². The summed E-state index contributed by atoms with van der Waals surface area (Å²) in [6, 6.07) is 5.76. The van der Waals surface area contributed by atoms with Crippen molar-refractivity contribution in [3.8, 4) is 11.8 Å². The number of halogens is 3. The van der Waals surface area contributed by atoms with Crippen molar-refractivity contribution in [1.82, 2.24) is 9.13 Å². The first-order chi connectivity index (χ1) is 13.5. The summed E-state index contributed by atoms with van der Waals surface area (Å²) < 4.78 is 44.9. The fourth-order valence-electron chi connectivity index (χ4n) is 2.77. The third kappa shape index (κ3) is 4.78. The van der Waals surface area contributed by atoms with Crippen LogP contribution >= 0.6 is 0 Å². The minimum Gasteiger partial charge on any atom is -0.491 e. The molecule has 2 rings (SSSR count). The predicted molar refractivity (Wildman–Crippen MR) is 97.9 cm³/mol. The van der Waals surface area contributed by atoms with Gasteiger partial charge in [0.15, 0.2) is 5.56 Å². The molecule has 0 bridgehead atoms. The van der Waals surface area contributed by atoms with Crippen LogP contribution < -0.4 is 20.9 Å². The SMILES string of the molecule is CN(CC(O)COc1ccc(C(F)(F)F)cc1)c1c(C#N)c(=O)n(C)c(=O)n1C. The number of ether oxygens (including phenoxy) is 1. The van der Waals surface area contributed by atoms with Crippen molar-refractivity contribution in [3.63, 3.8) is 0 Å². The lowest BCUT2D eigenvalue weighted by Gasteiger charge is -2.25. The van der Waals surface area contributed by atoms with E-state index in [1.54, 1.807) is 6.07 Å². The van der Waals surface area contributed by atoms with Crippen LogP contribution in [0.2, 0.25) is 0 Å². The van der Waals surface area contributed by atoms with Crippen molar-refractivity contribution >= 4 is 5.82 Å². The second-order valence-corrected chi connectivity index (χ2v) is 6.38. The summed E-state index contributed by atoms with van der Waals surface area (Å²) >= 11 is 0. The van der Waals surface area contributed by atoms with Gasteiger partial charge in [0.25, 0.3) is 5.56 Å². The van der Waals surface area contributed by atoms with Gasteiger partial charge in [-0.25, -0.2) is 4.79 Å². The van der Waals surface area contributed by atoms with E-state index in [2.05, 4.69) is 0 Å². The fourth-order valence-corrected chi connectivity index (χ4v) is 2.77. The highest BCUT2D eigenvalue weighted by Gasteiger charge is 2.30. The first-order valence-electron chi connectivity index (χ1n) is 8.36. The Morgan fingerprint density at radius 1 is 1.21 bits per heavy atom. The van der Waals surface area contributed by atoms with Crippen molar-refractivity contribution in [2.75, 3.05) is 25.1 Å². The summed E-state index contributed by atoms with van der Waals surface area (Å²) in [5.74, 6) is 0.174. The van der Waals surface area contributed by atoms with Gasteiger partial charge in [0.2, 0.25) is 0 Å². The Bertz CT molecular complexity index is 1040. The van der Waals surface area contributed by atoms with Crippen molar-refractivity contribution in [2.24, 2.45) is 14.1 Å². The summed E-state index contributed by atoms with van der Waals surface area (Å²) in [6.07, 6.45) is -5.57. The lowest BCUT2D eigenvalue weighted by atomic mass is 10.2. The third-order valence-electron chi connectivity index (χ3n) is 4.22. The van der Waals surface area contributed by atoms with Crippen LogP contribution in [0.25, 0.3) is 0 Å². The molecule has 0 saturated carbocycles. The number of aliphatic hydroxyl groups excluding tert-OH is 1. The molecule has 11 heteroatoms. The zero-order valence-corrected chi connectivity index (χ0v) is 15.9. The van der Waals surface area contributed by atoms with Gasteiger partial charge >= 0.3 is 11.9 Å². The van der Waals surface area contributed by atoms with E-state index < -0.39 is 29.1 Å². The maximum absolute atomic E-state index is 12.6. The molecular formula is C18H19F3N4O4. The number of rotatable bonds is 6. The molecule has 1 atom stereocenters. The zero-order chi connectivity index (χ0) is 21.9. The van der Waals surface area contributed by atoms with Gasteiger partial charge in [0, 0.05) is 27.7 Å². The van der Waals surface area contributed by atoms with E-state index >= 15 is 0 Å². The number of aliphatic hydroxyl groups is 1. The molecule has 0 fully saturated rings. The molecule has 1 N–H and O–H groups in total. The van der Waals surface area contributed by atoms with E-state index in [-0.39, 0.29) is 30.3 Å². The lowest BCUT2D eigenvalue weighted by molar-refractivity contribution is -0.137. The number of hydrogen-bond acceptors (Lipinski definition) is 6. The first-order valence-corrected chi connectivity index (χ1v) is 8.36. The summed E-state index contributed by atoms with van der Waals surface area (Å²) in [6.45, 7) is -0.355. The summed E-state index contributed by atoms with van der Waals surface area (Å²) in [7, 11) is 4.12. The normalized spacial score (nSPS) is 12.3. The van der Waals surface area contributed by atoms with Crippen LogP contribution in [0.1, 0.15) is 11.1 Å². The van der Waals surface area contributed by atoms with E-state index in [1.165, 1.54) is 26.0 Å². The molecule has 156 valence electrons. The van der Waals surface area contributed by atoms with Gasteiger partial charge in [-0.1, -0.05) is 0 Å². The Labute approximate surface area is 163 Å².